The largest absolute Gasteiger partial charge is 0.302 e. The summed E-state index contributed by atoms with van der Waals surface area (Å²) in [5.41, 5.74) is 1.56. The molecule has 8 nitrogen and oxygen atoms in total. The van der Waals surface area contributed by atoms with Crippen LogP contribution in [-0.4, -0.2) is 21.3 Å². The lowest BCUT2D eigenvalue weighted by atomic mass is 9.65. The zero-order valence-electron chi connectivity index (χ0n) is 19.4. The first-order chi connectivity index (χ1) is 15.9. The predicted molar refractivity (Wildman–Crippen MR) is 129 cm³/mol. The van der Waals surface area contributed by atoms with E-state index in [1.54, 1.807) is 4.90 Å². The van der Waals surface area contributed by atoms with Gasteiger partial charge in [-0.2, -0.15) is 0 Å². The molecule has 1 heterocycles. The van der Waals surface area contributed by atoms with Gasteiger partial charge in [0.1, 0.15) is 0 Å². The molecular weight excluding hydrogens is 434 g/mol. The predicted octanol–water partition coefficient (Wildman–Crippen LogP) is 5.95. The number of benzene rings is 3. The Labute approximate surface area is 197 Å². The molecule has 0 N–H and O–H groups in total. The van der Waals surface area contributed by atoms with Crippen LogP contribution < -0.4 is 4.90 Å². The molecule has 1 amide bonds. The first kappa shape index (κ1) is 23.1. The van der Waals surface area contributed by atoms with Crippen molar-refractivity contribution in [3.63, 3.8) is 0 Å². The third-order valence-corrected chi connectivity index (χ3v) is 6.57. The molecule has 0 saturated heterocycles. The van der Waals surface area contributed by atoms with Crippen LogP contribution in [-0.2, 0) is 5.41 Å². The van der Waals surface area contributed by atoms with Crippen LogP contribution in [0.1, 0.15) is 54.2 Å². The van der Waals surface area contributed by atoms with Gasteiger partial charge in [0, 0.05) is 28.8 Å². The summed E-state index contributed by atoms with van der Waals surface area (Å²) < 4.78 is 0. The summed E-state index contributed by atoms with van der Waals surface area (Å²) in [5.74, 6) is -0.515. The molecule has 1 atom stereocenters. The number of nitrogens with zero attached hydrogens (tertiary/aromatic N) is 3. The van der Waals surface area contributed by atoms with Crippen molar-refractivity contribution in [1.82, 2.24) is 0 Å². The molecule has 0 saturated carbocycles. The highest BCUT2D eigenvalue weighted by Gasteiger charge is 2.48. The lowest BCUT2D eigenvalue weighted by Crippen LogP contribution is -2.56. The molecule has 8 heteroatoms. The lowest BCUT2D eigenvalue weighted by Gasteiger charge is -2.51. The van der Waals surface area contributed by atoms with E-state index in [-0.39, 0.29) is 11.0 Å². The molecule has 0 spiro atoms. The van der Waals surface area contributed by atoms with Gasteiger partial charge in [0.2, 0.25) is 0 Å². The summed E-state index contributed by atoms with van der Waals surface area (Å²) >= 11 is 0. The van der Waals surface area contributed by atoms with Gasteiger partial charge in [0.15, 0.2) is 0 Å². The van der Waals surface area contributed by atoms with Crippen LogP contribution in [0.3, 0.4) is 0 Å². The summed E-state index contributed by atoms with van der Waals surface area (Å²) in [7, 11) is 0. The van der Waals surface area contributed by atoms with Gasteiger partial charge in [0.05, 0.1) is 21.5 Å². The molecule has 1 aliphatic rings. The number of rotatable bonds is 4. The Hall–Kier alpha value is -4.07. The Balaban J connectivity index is 1.93. The molecule has 0 aliphatic carbocycles. The van der Waals surface area contributed by atoms with Crippen molar-refractivity contribution in [1.29, 1.82) is 0 Å². The van der Waals surface area contributed by atoms with Crippen LogP contribution >= 0.6 is 0 Å². The van der Waals surface area contributed by atoms with E-state index in [1.165, 1.54) is 0 Å². The number of aryl methyl sites for hydroxylation is 1. The van der Waals surface area contributed by atoms with Crippen LogP contribution in [0.15, 0.2) is 66.7 Å². The maximum Gasteiger partial charge on any atom is 0.277 e. The van der Waals surface area contributed by atoms with E-state index in [9.17, 15) is 25.0 Å². The van der Waals surface area contributed by atoms with Crippen molar-refractivity contribution in [2.75, 3.05) is 4.90 Å². The van der Waals surface area contributed by atoms with Crippen molar-refractivity contribution in [3.8, 4) is 0 Å². The minimum atomic E-state index is -0.726. The normalized spacial score (nSPS) is 18.8. The molecule has 34 heavy (non-hydrogen) atoms. The Morgan fingerprint density at radius 1 is 0.882 bits per heavy atom. The number of carbonyl (C=O) groups is 1. The maximum atomic E-state index is 13.9. The Morgan fingerprint density at radius 3 is 2.03 bits per heavy atom. The summed E-state index contributed by atoms with van der Waals surface area (Å²) in [6.45, 7) is 7.98. The highest BCUT2D eigenvalue weighted by atomic mass is 16.6. The van der Waals surface area contributed by atoms with Crippen molar-refractivity contribution < 1.29 is 14.6 Å². The molecule has 4 rings (SSSR count). The van der Waals surface area contributed by atoms with Gasteiger partial charge < -0.3 is 4.90 Å². The maximum absolute atomic E-state index is 13.9. The molecule has 174 valence electrons. The topological polar surface area (TPSA) is 107 Å². The standard InChI is InChI=1S/C26H25N3O5/c1-17-10-11-22-23(12-17)27(25(2,3)16-26(22,4)19-8-6-5-7-9-19)24(30)18-13-20(28(31)32)15-21(14-18)29(33)34/h5-15H,16H2,1-4H3/t26-/m0/s1. The van der Waals surface area contributed by atoms with Crippen LogP contribution in [0, 0.1) is 27.2 Å². The summed E-state index contributed by atoms with van der Waals surface area (Å²) in [6, 6.07) is 19.1. The first-order valence-corrected chi connectivity index (χ1v) is 10.9. The smallest absolute Gasteiger partial charge is 0.277 e. The number of amides is 1. The van der Waals surface area contributed by atoms with Crippen molar-refractivity contribution >= 4 is 23.0 Å². The minimum Gasteiger partial charge on any atom is -0.302 e. The van der Waals surface area contributed by atoms with Crippen molar-refractivity contribution in [3.05, 3.63) is 109 Å². The van der Waals surface area contributed by atoms with E-state index in [1.807, 2.05) is 57.2 Å². The number of non-ortho nitro benzene ring substituents is 2. The molecule has 0 radical (unpaired) electrons. The van der Waals surface area contributed by atoms with E-state index in [0.29, 0.717) is 12.1 Å². The molecule has 3 aromatic carbocycles. The second-order valence-electron chi connectivity index (χ2n) is 9.60. The van der Waals surface area contributed by atoms with Crippen LogP contribution in [0.5, 0.6) is 0 Å². The summed E-state index contributed by atoms with van der Waals surface area (Å²) in [5, 5.41) is 22.8. The van der Waals surface area contributed by atoms with Gasteiger partial charge in [-0.3, -0.25) is 25.0 Å². The van der Waals surface area contributed by atoms with Gasteiger partial charge >= 0.3 is 0 Å². The second-order valence-corrected chi connectivity index (χ2v) is 9.60. The molecule has 1 aliphatic heterocycles. The number of hydrogen-bond donors (Lipinski definition) is 0. The monoisotopic (exact) mass is 459 g/mol. The third-order valence-electron chi connectivity index (χ3n) is 6.57. The molecule has 0 unspecified atom stereocenters. The number of fused-ring (bicyclic) bond motifs is 1. The van der Waals surface area contributed by atoms with Crippen LogP contribution in [0.4, 0.5) is 17.1 Å². The Kier molecular flexibility index (Phi) is 5.47. The van der Waals surface area contributed by atoms with E-state index < -0.39 is 32.7 Å². The third kappa shape index (κ3) is 3.81. The zero-order chi connectivity index (χ0) is 24.8. The first-order valence-electron chi connectivity index (χ1n) is 10.9. The zero-order valence-corrected chi connectivity index (χ0v) is 19.4. The van der Waals surface area contributed by atoms with Gasteiger partial charge in [-0.25, -0.2) is 0 Å². The molecule has 3 aromatic rings. The van der Waals surface area contributed by atoms with E-state index in [4.69, 9.17) is 0 Å². The number of nitro benzene ring substituents is 2. The van der Waals surface area contributed by atoms with Gasteiger partial charge in [-0.15, -0.1) is 0 Å². The van der Waals surface area contributed by atoms with E-state index in [2.05, 4.69) is 19.1 Å². The summed E-state index contributed by atoms with van der Waals surface area (Å²) in [6.07, 6.45) is 0.586. The number of anilines is 1. The van der Waals surface area contributed by atoms with Crippen molar-refractivity contribution in [2.45, 2.75) is 45.1 Å². The molecule has 0 aromatic heterocycles. The van der Waals surface area contributed by atoms with Gasteiger partial charge in [-0.05, 0) is 49.9 Å². The van der Waals surface area contributed by atoms with Crippen LogP contribution in [0.2, 0.25) is 0 Å². The average molecular weight is 460 g/mol. The average Bonchev–Trinajstić information content (AvgIpc) is 2.78. The highest BCUT2D eigenvalue weighted by molar-refractivity contribution is 6.08. The van der Waals surface area contributed by atoms with Crippen molar-refractivity contribution in [2.24, 2.45) is 0 Å². The molecule has 0 bridgehead atoms. The SMILES string of the molecule is Cc1ccc2c(c1)N(C(=O)c1cc([N+](=O)[O-])cc([N+](=O)[O-])c1)C(C)(C)C[C@@]2(C)c1ccccc1. The van der Waals surface area contributed by atoms with Crippen LogP contribution in [0.25, 0.3) is 0 Å². The fourth-order valence-electron chi connectivity index (χ4n) is 5.17. The molecule has 0 fully saturated rings. The van der Waals surface area contributed by atoms with E-state index in [0.717, 1.165) is 34.9 Å². The minimum absolute atomic E-state index is 0.0928. The fraction of sp³-hybridized carbons (Fsp3) is 0.269. The van der Waals surface area contributed by atoms with Gasteiger partial charge in [0.25, 0.3) is 17.3 Å². The molecular formula is C26H25N3O5. The highest BCUT2D eigenvalue weighted by Crippen LogP contribution is 2.51. The number of nitro groups is 2. The number of carbonyl (C=O) groups excluding carboxylic acids is 1. The Morgan fingerprint density at radius 2 is 1.47 bits per heavy atom. The van der Waals surface area contributed by atoms with E-state index >= 15 is 0 Å². The number of hydrogen-bond acceptors (Lipinski definition) is 5. The van der Waals surface area contributed by atoms with Gasteiger partial charge in [-0.1, -0.05) is 49.4 Å². The lowest BCUT2D eigenvalue weighted by molar-refractivity contribution is -0.394. The summed E-state index contributed by atoms with van der Waals surface area (Å²) in [4.78, 5) is 36.8. The second kappa shape index (κ2) is 8.06. The fourth-order valence-corrected chi connectivity index (χ4v) is 5.17. The Bertz CT molecular complexity index is 1290. The quantitative estimate of drug-likeness (QED) is 0.354.